The van der Waals surface area contributed by atoms with Crippen LogP contribution in [0.25, 0.3) is 0 Å². The molecule has 116 valence electrons. The van der Waals surface area contributed by atoms with Crippen molar-refractivity contribution >= 4 is 5.96 Å². The molecule has 1 aromatic rings. The number of aliphatic imine (C=N–C) groups is 1. The predicted molar refractivity (Wildman–Crippen MR) is 79.2 cm³/mol. The van der Waals surface area contributed by atoms with E-state index in [0.717, 1.165) is 44.3 Å². The minimum atomic E-state index is 0.142. The maximum absolute atomic E-state index is 5.87. The first-order valence-electron chi connectivity index (χ1n) is 7.58. The van der Waals surface area contributed by atoms with E-state index in [9.17, 15) is 0 Å². The Kier molecular flexibility index (Phi) is 4.77. The molecule has 0 aliphatic carbocycles. The van der Waals surface area contributed by atoms with E-state index in [1.807, 2.05) is 12.1 Å². The van der Waals surface area contributed by atoms with Gasteiger partial charge in [-0.3, -0.25) is 4.99 Å². The molecule has 0 aromatic carbocycles. The zero-order valence-electron chi connectivity index (χ0n) is 12.5. The molecular formula is C15H23N3O3. The Morgan fingerprint density at radius 3 is 3.00 bits per heavy atom. The van der Waals surface area contributed by atoms with E-state index in [1.54, 1.807) is 13.3 Å². The third kappa shape index (κ3) is 3.57. The van der Waals surface area contributed by atoms with Gasteiger partial charge in [-0.1, -0.05) is 0 Å². The lowest BCUT2D eigenvalue weighted by atomic mass is 10.1. The SMILES string of the molecule is CN=C(NCc1ccco1)N1CCOC(C2CCCO2)C1. The van der Waals surface area contributed by atoms with Crippen LogP contribution in [-0.4, -0.2) is 56.4 Å². The van der Waals surface area contributed by atoms with E-state index < -0.39 is 0 Å². The van der Waals surface area contributed by atoms with Crippen LogP contribution in [0.5, 0.6) is 0 Å². The molecule has 2 fully saturated rings. The van der Waals surface area contributed by atoms with Gasteiger partial charge < -0.3 is 24.1 Å². The number of nitrogens with zero attached hydrogens (tertiary/aromatic N) is 2. The number of rotatable bonds is 3. The number of hydrogen-bond acceptors (Lipinski definition) is 4. The largest absolute Gasteiger partial charge is 0.467 e. The van der Waals surface area contributed by atoms with Gasteiger partial charge in [-0.15, -0.1) is 0 Å². The fourth-order valence-corrected chi connectivity index (χ4v) is 2.90. The lowest BCUT2D eigenvalue weighted by Gasteiger charge is -2.37. The van der Waals surface area contributed by atoms with Crippen molar-refractivity contribution in [2.45, 2.75) is 31.6 Å². The van der Waals surface area contributed by atoms with Gasteiger partial charge in [0.15, 0.2) is 5.96 Å². The first kappa shape index (κ1) is 14.4. The molecule has 0 saturated carbocycles. The molecule has 0 amide bonds. The summed E-state index contributed by atoms with van der Waals surface area (Å²) in [6.07, 6.45) is 4.29. The smallest absolute Gasteiger partial charge is 0.194 e. The Balaban J connectivity index is 1.55. The van der Waals surface area contributed by atoms with Crippen LogP contribution >= 0.6 is 0 Å². The Bertz CT molecular complexity index is 455. The minimum Gasteiger partial charge on any atom is -0.467 e. The van der Waals surface area contributed by atoms with Crippen LogP contribution < -0.4 is 5.32 Å². The highest BCUT2D eigenvalue weighted by Crippen LogP contribution is 2.21. The van der Waals surface area contributed by atoms with Gasteiger partial charge in [-0.25, -0.2) is 0 Å². The molecule has 0 bridgehead atoms. The third-order valence-corrected chi connectivity index (χ3v) is 3.99. The highest BCUT2D eigenvalue weighted by molar-refractivity contribution is 5.79. The number of hydrogen-bond donors (Lipinski definition) is 1. The molecule has 3 heterocycles. The van der Waals surface area contributed by atoms with Crippen molar-refractivity contribution in [3.05, 3.63) is 24.2 Å². The molecule has 6 nitrogen and oxygen atoms in total. The summed E-state index contributed by atoms with van der Waals surface area (Å²) < 4.78 is 17.0. The lowest BCUT2D eigenvalue weighted by Crippen LogP contribution is -2.53. The molecule has 1 N–H and O–H groups in total. The summed E-state index contributed by atoms with van der Waals surface area (Å²) in [5.74, 6) is 1.79. The highest BCUT2D eigenvalue weighted by atomic mass is 16.5. The molecule has 1 aromatic heterocycles. The molecule has 2 atom stereocenters. The summed E-state index contributed by atoms with van der Waals surface area (Å²) in [5.41, 5.74) is 0. The average Bonchev–Trinajstić information content (AvgIpc) is 3.22. The Morgan fingerprint density at radius 1 is 1.38 bits per heavy atom. The zero-order chi connectivity index (χ0) is 14.5. The number of furan rings is 1. The number of morpholine rings is 1. The van der Waals surface area contributed by atoms with Gasteiger partial charge in [0.2, 0.25) is 0 Å². The number of nitrogens with one attached hydrogen (secondary N) is 1. The van der Waals surface area contributed by atoms with Crippen LogP contribution in [0.15, 0.2) is 27.8 Å². The first-order chi connectivity index (χ1) is 10.4. The van der Waals surface area contributed by atoms with Crippen molar-refractivity contribution in [3.63, 3.8) is 0 Å². The molecule has 2 saturated heterocycles. The number of ether oxygens (including phenoxy) is 2. The summed E-state index contributed by atoms with van der Waals surface area (Å²) in [7, 11) is 1.81. The minimum absolute atomic E-state index is 0.142. The van der Waals surface area contributed by atoms with Crippen molar-refractivity contribution in [2.75, 3.05) is 33.4 Å². The van der Waals surface area contributed by atoms with E-state index >= 15 is 0 Å². The molecule has 2 aliphatic heterocycles. The maximum atomic E-state index is 5.87. The molecule has 21 heavy (non-hydrogen) atoms. The molecule has 2 aliphatic rings. The second-order valence-electron chi connectivity index (χ2n) is 5.39. The summed E-state index contributed by atoms with van der Waals surface area (Å²) in [4.78, 5) is 6.60. The van der Waals surface area contributed by atoms with E-state index in [4.69, 9.17) is 13.9 Å². The van der Waals surface area contributed by atoms with Crippen molar-refractivity contribution in [1.82, 2.24) is 10.2 Å². The lowest BCUT2D eigenvalue weighted by molar-refractivity contribution is -0.0817. The van der Waals surface area contributed by atoms with Gasteiger partial charge in [-0.05, 0) is 25.0 Å². The molecule has 0 spiro atoms. The fraction of sp³-hybridized carbons (Fsp3) is 0.667. The Morgan fingerprint density at radius 2 is 2.29 bits per heavy atom. The van der Waals surface area contributed by atoms with Gasteiger partial charge in [0.1, 0.15) is 11.9 Å². The monoisotopic (exact) mass is 293 g/mol. The topological polar surface area (TPSA) is 59.2 Å². The maximum Gasteiger partial charge on any atom is 0.194 e. The van der Waals surface area contributed by atoms with E-state index in [2.05, 4.69) is 15.2 Å². The van der Waals surface area contributed by atoms with Crippen LogP contribution in [0.4, 0.5) is 0 Å². The summed E-state index contributed by atoms with van der Waals surface area (Å²) >= 11 is 0. The summed E-state index contributed by atoms with van der Waals surface area (Å²) in [6.45, 7) is 3.88. The predicted octanol–water partition coefficient (Wildman–Crippen LogP) is 1.23. The van der Waals surface area contributed by atoms with E-state index in [1.165, 1.54) is 0 Å². The van der Waals surface area contributed by atoms with Crippen LogP contribution in [0, 0.1) is 0 Å². The summed E-state index contributed by atoms with van der Waals surface area (Å²) in [6, 6.07) is 3.84. The standard InChI is InChI=1S/C15H23N3O3/c1-16-15(17-10-12-4-2-7-19-12)18-6-9-21-14(11-18)13-5-3-8-20-13/h2,4,7,13-14H,3,5-6,8-11H2,1H3,(H,16,17). The average molecular weight is 293 g/mol. The van der Waals surface area contributed by atoms with E-state index in [0.29, 0.717) is 13.2 Å². The van der Waals surface area contributed by atoms with Gasteiger partial charge in [0, 0.05) is 26.7 Å². The Hall–Kier alpha value is -1.53. The normalized spacial score (nSPS) is 27.1. The van der Waals surface area contributed by atoms with Crippen LogP contribution in [0.2, 0.25) is 0 Å². The molecule has 3 rings (SSSR count). The second kappa shape index (κ2) is 6.95. The molecular weight excluding hydrogens is 270 g/mol. The highest BCUT2D eigenvalue weighted by Gasteiger charge is 2.32. The van der Waals surface area contributed by atoms with Gasteiger partial charge >= 0.3 is 0 Å². The van der Waals surface area contributed by atoms with Crippen molar-refractivity contribution in [2.24, 2.45) is 4.99 Å². The van der Waals surface area contributed by atoms with E-state index in [-0.39, 0.29) is 12.2 Å². The quantitative estimate of drug-likeness (QED) is 0.671. The van der Waals surface area contributed by atoms with Crippen LogP contribution in [0.3, 0.4) is 0 Å². The number of guanidine groups is 1. The molecule has 0 radical (unpaired) electrons. The van der Waals surface area contributed by atoms with Crippen molar-refractivity contribution < 1.29 is 13.9 Å². The Labute approximate surface area is 125 Å². The molecule has 6 heteroatoms. The second-order valence-corrected chi connectivity index (χ2v) is 5.39. The zero-order valence-corrected chi connectivity index (χ0v) is 12.5. The van der Waals surface area contributed by atoms with Crippen molar-refractivity contribution in [3.8, 4) is 0 Å². The van der Waals surface area contributed by atoms with Gasteiger partial charge in [0.25, 0.3) is 0 Å². The van der Waals surface area contributed by atoms with Crippen LogP contribution in [-0.2, 0) is 16.0 Å². The summed E-state index contributed by atoms with van der Waals surface area (Å²) in [5, 5.41) is 3.34. The first-order valence-corrected chi connectivity index (χ1v) is 7.58. The van der Waals surface area contributed by atoms with Gasteiger partial charge in [-0.2, -0.15) is 0 Å². The van der Waals surface area contributed by atoms with Gasteiger partial charge in [0.05, 0.1) is 25.5 Å². The van der Waals surface area contributed by atoms with Crippen LogP contribution in [0.1, 0.15) is 18.6 Å². The van der Waals surface area contributed by atoms with Crippen molar-refractivity contribution in [1.29, 1.82) is 0 Å². The third-order valence-electron chi connectivity index (χ3n) is 3.99. The molecule has 2 unspecified atom stereocenters. The fourth-order valence-electron chi connectivity index (χ4n) is 2.90.